The molecule has 0 unspecified atom stereocenters. The number of nitrogens with zero attached hydrogens (tertiary/aromatic N) is 6. The Morgan fingerprint density at radius 3 is 2.59 bits per heavy atom. The molecule has 1 aliphatic rings. The molecule has 1 fully saturated rings. The highest BCUT2D eigenvalue weighted by Gasteiger charge is 2.26. The molecule has 2 aromatic carbocycles. The summed E-state index contributed by atoms with van der Waals surface area (Å²) in [6, 6.07) is 17.7. The lowest BCUT2D eigenvalue weighted by atomic mass is 10.2. The molecule has 9 heteroatoms. The Kier molecular flexibility index (Phi) is 4.51. The van der Waals surface area contributed by atoms with E-state index in [2.05, 4.69) is 41.3 Å². The molecule has 0 radical (unpaired) electrons. The molecule has 8 nitrogen and oxygen atoms in total. The fourth-order valence-corrected chi connectivity index (χ4v) is 3.97. The summed E-state index contributed by atoms with van der Waals surface area (Å²) < 4.78 is 2.71. The van der Waals surface area contributed by atoms with Gasteiger partial charge in [-0.15, -0.1) is 0 Å². The lowest BCUT2D eigenvalue weighted by Gasteiger charge is -2.34. The highest BCUT2D eigenvalue weighted by molar-refractivity contribution is 9.10. The molecule has 146 valence electrons. The monoisotopic (exact) mass is 451 g/mol. The molecule has 1 saturated heterocycles. The van der Waals surface area contributed by atoms with Gasteiger partial charge in [-0.2, -0.15) is 4.68 Å². The molecular weight excluding hydrogens is 434 g/mol. The van der Waals surface area contributed by atoms with Crippen LogP contribution >= 0.6 is 15.9 Å². The van der Waals surface area contributed by atoms with Crippen LogP contribution < -0.4 is 4.90 Å². The topological polar surface area (TPSA) is 82.9 Å². The van der Waals surface area contributed by atoms with Crippen LogP contribution in [0.2, 0.25) is 0 Å². The van der Waals surface area contributed by atoms with Gasteiger partial charge in [0.2, 0.25) is 5.95 Å². The van der Waals surface area contributed by atoms with E-state index < -0.39 is 0 Å². The molecule has 0 aliphatic carbocycles. The molecule has 1 aliphatic heterocycles. The third-order valence-corrected chi connectivity index (χ3v) is 5.61. The van der Waals surface area contributed by atoms with Crippen molar-refractivity contribution in [1.82, 2.24) is 30.1 Å². The molecule has 4 aromatic rings. The number of benzene rings is 2. The number of rotatable bonds is 3. The van der Waals surface area contributed by atoms with Crippen LogP contribution in [0.15, 0.2) is 59.1 Å². The molecule has 1 N–H and O–H groups in total. The number of nitrogens with one attached hydrogen (secondary N) is 1. The predicted molar refractivity (Wildman–Crippen MR) is 113 cm³/mol. The summed E-state index contributed by atoms with van der Waals surface area (Å²) in [5.41, 5.74) is 2.47. The molecule has 2 aromatic heterocycles. The Morgan fingerprint density at radius 2 is 1.79 bits per heavy atom. The van der Waals surface area contributed by atoms with Gasteiger partial charge in [-0.25, -0.2) is 0 Å². The van der Waals surface area contributed by atoms with Gasteiger partial charge in [-0.3, -0.25) is 4.79 Å². The number of aromatic nitrogens is 5. The number of carbonyl (C=O) groups is 1. The van der Waals surface area contributed by atoms with Crippen molar-refractivity contribution in [2.24, 2.45) is 0 Å². The molecule has 0 bridgehead atoms. The predicted octanol–water partition coefficient (Wildman–Crippen LogP) is 2.87. The summed E-state index contributed by atoms with van der Waals surface area (Å²) in [6.45, 7) is 2.56. The number of piperazine rings is 1. The van der Waals surface area contributed by atoms with Crippen LogP contribution in [0.3, 0.4) is 0 Å². The van der Waals surface area contributed by atoms with Crippen LogP contribution in [0, 0.1) is 0 Å². The summed E-state index contributed by atoms with van der Waals surface area (Å²) in [7, 11) is 0. The van der Waals surface area contributed by atoms with E-state index in [9.17, 15) is 4.79 Å². The average molecular weight is 452 g/mol. The van der Waals surface area contributed by atoms with Gasteiger partial charge < -0.3 is 14.8 Å². The SMILES string of the molecule is O=C(c1cc2ccc(Br)cc2[nH]1)N1CCN(c2nnnn2-c2ccccc2)CC1. The van der Waals surface area contributed by atoms with E-state index in [0.29, 0.717) is 37.8 Å². The first-order valence-electron chi connectivity index (χ1n) is 9.35. The van der Waals surface area contributed by atoms with Gasteiger partial charge >= 0.3 is 0 Å². The van der Waals surface area contributed by atoms with Crippen LogP contribution in [0.1, 0.15) is 10.5 Å². The van der Waals surface area contributed by atoms with E-state index in [4.69, 9.17) is 0 Å². The van der Waals surface area contributed by atoms with Crippen LogP contribution in [0.4, 0.5) is 5.95 Å². The minimum Gasteiger partial charge on any atom is -0.350 e. The Labute approximate surface area is 175 Å². The number of tetrazole rings is 1. The smallest absolute Gasteiger partial charge is 0.270 e. The second kappa shape index (κ2) is 7.32. The fraction of sp³-hybridized carbons (Fsp3) is 0.200. The summed E-state index contributed by atoms with van der Waals surface area (Å²) in [4.78, 5) is 20.2. The molecule has 0 spiro atoms. The Hall–Kier alpha value is -3.20. The first-order valence-corrected chi connectivity index (χ1v) is 10.1. The van der Waals surface area contributed by atoms with Gasteiger partial charge in [0.05, 0.1) is 5.69 Å². The number of hydrogen-bond donors (Lipinski definition) is 1. The number of hydrogen-bond acceptors (Lipinski definition) is 5. The van der Waals surface area contributed by atoms with E-state index >= 15 is 0 Å². The van der Waals surface area contributed by atoms with Crippen LogP contribution in [0.5, 0.6) is 0 Å². The number of anilines is 1. The zero-order chi connectivity index (χ0) is 19.8. The average Bonchev–Trinajstić information content (AvgIpc) is 3.41. The third kappa shape index (κ3) is 3.38. The second-order valence-electron chi connectivity index (χ2n) is 6.92. The zero-order valence-electron chi connectivity index (χ0n) is 15.5. The van der Waals surface area contributed by atoms with Gasteiger partial charge in [0.15, 0.2) is 0 Å². The molecule has 5 rings (SSSR count). The fourth-order valence-electron chi connectivity index (χ4n) is 3.61. The third-order valence-electron chi connectivity index (χ3n) is 5.12. The number of para-hydroxylation sites is 1. The van der Waals surface area contributed by atoms with E-state index in [-0.39, 0.29) is 5.91 Å². The minimum atomic E-state index is 0.0135. The molecule has 29 heavy (non-hydrogen) atoms. The first-order chi connectivity index (χ1) is 14.2. The quantitative estimate of drug-likeness (QED) is 0.517. The van der Waals surface area contributed by atoms with E-state index in [1.165, 1.54) is 0 Å². The van der Waals surface area contributed by atoms with Gasteiger partial charge in [0, 0.05) is 41.6 Å². The maximum atomic E-state index is 13.0. The number of amides is 1. The molecule has 1 amide bonds. The van der Waals surface area contributed by atoms with Crippen molar-refractivity contribution in [2.45, 2.75) is 0 Å². The van der Waals surface area contributed by atoms with Crippen LogP contribution in [0.25, 0.3) is 16.6 Å². The Bertz CT molecular complexity index is 1160. The molecular formula is C20H18BrN7O. The second-order valence-corrected chi connectivity index (χ2v) is 7.84. The van der Waals surface area contributed by atoms with Crippen molar-refractivity contribution in [3.05, 3.63) is 64.8 Å². The highest BCUT2D eigenvalue weighted by Crippen LogP contribution is 2.22. The minimum absolute atomic E-state index is 0.0135. The number of carbonyl (C=O) groups excluding carboxylic acids is 1. The summed E-state index contributed by atoms with van der Waals surface area (Å²) in [5.74, 6) is 0.707. The summed E-state index contributed by atoms with van der Waals surface area (Å²) in [5, 5.41) is 13.2. The summed E-state index contributed by atoms with van der Waals surface area (Å²) in [6.07, 6.45) is 0. The van der Waals surface area contributed by atoms with Crippen LogP contribution in [-0.4, -0.2) is 62.2 Å². The number of fused-ring (bicyclic) bond motifs is 1. The molecule has 3 heterocycles. The van der Waals surface area contributed by atoms with Crippen molar-refractivity contribution in [2.75, 3.05) is 31.1 Å². The lowest BCUT2D eigenvalue weighted by molar-refractivity contribution is 0.0741. The van der Waals surface area contributed by atoms with Gasteiger partial charge in [0.1, 0.15) is 5.69 Å². The van der Waals surface area contributed by atoms with Crippen molar-refractivity contribution in [1.29, 1.82) is 0 Å². The van der Waals surface area contributed by atoms with E-state index in [0.717, 1.165) is 21.1 Å². The van der Waals surface area contributed by atoms with Crippen molar-refractivity contribution in [3.63, 3.8) is 0 Å². The number of aromatic amines is 1. The van der Waals surface area contributed by atoms with Gasteiger partial charge in [-0.05, 0) is 40.8 Å². The van der Waals surface area contributed by atoms with Gasteiger partial charge in [-0.1, -0.05) is 45.3 Å². The number of H-pyrrole nitrogens is 1. The number of halogens is 1. The highest BCUT2D eigenvalue weighted by atomic mass is 79.9. The maximum Gasteiger partial charge on any atom is 0.270 e. The Balaban J connectivity index is 1.30. The lowest BCUT2D eigenvalue weighted by Crippen LogP contribution is -2.49. The summed E-state index contributed by atoms with van der Waals surface area (Å²) >= 11 is 3.46. The normalized spacial score (nSPS) is 14.5. The van der Waals surface area contributed by atoms with Crippen molar-refractivity contribution in [3.8, 4) is 5.69 Å². The van der Waals surface area contributed by atoms with Crippen molar-refractivity contribution < 1.29 is 4.79 Å². The van der Waals surface area contributed by atoms with Crippen molar-refractivity contribution >= 4 is 38.7 Å². The van der Waals surface area contributed by atoms with Gasteiger partial charge in [0.25, 0.3) is 5.91 Å². The largest absolute Gasteiger partial charge is 0.350 e. The first kappa shape index (κ1) is 17.9. The van der Waals surface area contributed by atoms with Crippen LogP contribution in [-0.2, 0) is 0 Å². The maximum absolute atomic E-state index is 13.0. The van der Waals surface area contributed by atoms with E-state index in [1.54, 1.807) is 4.68 Å². The molecule has 0 saturated carbocycles. The molecule has 0 atom stereocenters. The standard InChI is InChI=1S/C20H18BrN7O/c21-15-7-6-14-12-18(22-17(14)13-15)19(29)26-8-10-27(11-9-26)20-23-24-25-28(20)16-4-2-1-3-5-16/h1-7,12-13,22H,8-11H2. The zero-order valence-corrected chi connectivity index (χ0v) is 17.1. The Morgan fingerprint density at radius 1 is 1.00 bits per heavy atom. The van der Waals surface area contributed by atoms with E-state index in [1.807, 2.05) is 59.5 Å².